The first-order valence-electron chi connectivity index (χ1n) is 34.9. The number of aryl methyl sites for hydroxylation is 6. The first-order valence-corrected chi connectivity index (χ1v) is 34.9. The first-order chi connectivity index (χ1) is 46.4. The molecule has 18 heteroatoms. The minimum absolute atomic E-state index is 0.00193. The van der Waals surface area contributed by atoms with E-state index in [-0.39, 0.29) is 17.9 Å². The van der Waals surface area contributed by atoms with E-state index in [2.05, 4.69) is 157 Å². The van der Waals surface area contributed by atoms with Gasteiger partial charge in [-0.15, -0.1) is 0 Å². The number of ether oxygens (including phenoxy) is 3. The lowest BCUT2D eigenvalue weighted by molar-refractivity contribution is -0.162. The number of carbonyl (C=O) groups excluding carboxylic acids is 3. The number of esters is 3. The number of rotatable bonds is 18. The summed E-state index contributed by atoms with van der Waals surface area (Å²) in [4.78, 5) is 58.6. The molecule has 3 aliphatic heterocycles. The van der Waals surface area contributed by atoms with Crippen LogP contribution >= 0.6 is 0 Å². The van der Waals surface area contributed by atoms with Crippen LogP contribution in [0.15, 0.2) is 110 Å². The lowest BCUT2D eigenvalue weighted by Gasteiger charge is -2.32. The fraction of sp³-hybridized carbons (Fsp3) is 0.475. The predicted octanol–water partition coefficient (Wildman–Crippen LogP) is 11.3. The third kappa shape index (κ3) is 15.5. The number of fused-ring (bicyclic) bond motifs is 9. The third-order valence-electron chi connectivity index (χ3n) is 20.5. The Labute approximate surface area is 580 Å². The molecule has 9 heterocycles. The van der Waals surface area contributed by atoms with Gasteiger partial charge in [-0.3, -0.25) is 29.3 Å². The highest BCUT2D eigenvalue weighted by molar-refractivity contribution is 5.92. The summed E-state index contributed by atoms with van der Waals surface area (Å²) >= 11 is 0. The first kappa shape index (κ1) is 72.6. The van der Waals surface area contributed by atoms with Gasteiger partial charge >= 0.3 is 17.9 Å². The molecule has 522 valence electrons. The number of carbonyl (C=O) groups is 3. The lowest BCUT2D eigenvalue weighted by atomic mass is 9.87. The molecule has 0 radical (unpaired) electrons. The fourth-order valence-corrected chi connectivity index (χ4v) is 15.2. The molecule has 0 spiro atoms. The van der Waals surface area contributed by atoms with Crippen LogP contribution in [0, 0.1) is 32.6 Å². The SMILES string of the molecule is Cc1cc(CC(C)(OC(=O)C(C)N)c2cccnc2)c2c(c1)c1c(n2C)CCN(C)C1.Cc1cc(CC(C)(OC(=O)C(N)C(C)C)c2cccnc2)c2c(c1)c1c(n2C)CCN(C)C1.Cc1cc(CC(C)(OC(=O)C(N)CC(C)C)c2cccnc2)c2c(c1)c1c(n2C)CCN(C)C1. The quantitative estimate of drug-likeness (QED) is 0.0537. The van der Waals surface area contributed by atoms with E-state index in [0.717, 1.165) is 75.2 Å². The van der Waals surface area contributed by atoms with Crippen molar-refractivity contribution in [3.05, 3.63) is 194 Å². The van der Waals surface area contributed by atoms with Crippen molar-refractivity contribution in [2.24, 2.45) is 50.2 Å². The van der Waals surface area contributed by atoms with Crippen LogP contribution in [0.25, 0.3) is 32.7 Å². The zero-order valence-corrected chi connectivity index (χ0v) is 61.2. The van der Waals surface area contributed by atoms with Crippen molar-refractivity contribution in [2.45, 2.75) is 176 Å². The van der Waals surface area contributed by atoms with Crippen LogP contribution in [-0.2, 0) is 125 Å². The van der Waals surface area contributed by atoms with Gasteiger partial charge in [-0.25, -0.2) is 0 Å². The number of aromatic nitrogens is 6. The third-order valence-corrected chi connectivity index (χ3v) is 20.5. The Hall–Kier alpha value is -8.10. The predicted molar refractivity (Wildman–Crippen MR) is 391 cm³/mol. The molecule has 0 aliphatic carbocycles. The van der Waals surface area contributed by atoms with Gasteiger partial charge in [0.15, 0.2) is 0 Å². The molecule has 6 atom stereocenters. The van der Waals surface area contributed by atoms with E-state index in [1.807, 2.05) is 71.0 Å². The molecule has 18 nitrogen and oxygen atoms in total. The van der Waals surface area contributed by atoms with Crippen LogP contribution in [0.5, 0.6) is 0 Å². The van der Waals surface area contributed by atoms with Crippen molar-refractivity contribution in [3.63, 3.8) is 0 Å². The van der Waals surface area contributed by atoms with Crippen LogP contribution in [0.2, 0.25) is 0 Å². The zero-order chi connectivity index (χ0) is 70.9. The van der Waals surface area contributed by atoms with Gasteiger partial charge in [0.25, 0.3) is 0 Å². The van der Waals surface area contributed by atoms with E-state index in [1.165, 1.54) is 99.9 Å². The molecule has 6 unspecified atom stereocenters. The molecule has 0 saturated carbocycles. The molecule has 0 saturated heterocycles. The fourth-order valence-electron chi connectivity index (χ4n) is 15.2. The summed E-state index contributed by atoms with van der Waals surface area (Å²) in [5.74, 6) is -0.845. The van der Waals surface area contributed by atoms with E-state index in [1.54, 1.807) is 44.1 Å². The Morgan fingerprint density at radius 3 is 1.08 bits per heavy atom. The van der Waals surface area contributed by atoms with Crippen molar-refractivity contribution < 1.29 is 28.6 Å². The van der Waals surface area contributed by atoms with Crippen LogP contribution in [-0.4, -0.2) is 120 Å². The van der Waals surface area contributed by atoms with Crippen LogP contribution < -0.4 is 17.2 Å². The maximum Gasteiger partial charge on any atom is 0.324 e. The highest BCUT2D eigenvalue weighted by atomic mass is 16.6. The second-order valence-corrected chi connectivity index (χ2v) is 29.9. The number of hydrogen-bond acceptors (Lipinski definition) is 15. The summed E-state index contributed by atoms with van der Waals surface area (Å²) in [6.07, 6.45) is 15.9. The molecule has 0 amide bonds. The Bertz CT molecular complexity index is 4350. The van der Waals surface area contributed by atoms with Crippen molar-refractivity contribution in [1.29, 1.82) is 0 Å². The van der Waals surface area contributed by atoms with Crippen LogP contribution in [0.4, 0.5) is 0 Å². The number of hydrogen-bond donors (Lipinski definition) is 3. The molecular formula is C80H106N12O6. The summed E-state index contributed by atoms with van der Waals surface area (Å²) in [6.45, 7) is 28.0. The Kier molecular flexibility index (Phi) is 22.1. The molecule has 6 N–H and O–H groups in total. The van der Waals surface area contributed by atoms with Gasteiger partial charge in [0, 0.05) is 186 Å². The minimum Gasteiger partial charge on any atom is -0.453 e. The number of pyridine rings is 3. The summed E-state index contributed by atoms with van der Waals surface area (Å²) in [6, 6.07) is 23.1. The second kappa shape index (κ2) is 29.8. The summed E-state index contributed by atoms with van der Waals surface area (Å²) < 4.78 is 25.4. The number of benzene rings is 3. The zero-order valence-electron chi connectivity index (χ0n) is 61.2. The standard InChI is InChI=1S/C28H38N4O2.C27H36N4O2.C25H32N4O2/c1-18(2)12-24(29)27(33)34-28(4,21-8-7-10-30-16-21)15-20-13-19(3)14-22-23-17-31(5)11-9-25(23)32(6)26(20)22;1-17(2)24(28)26(32)33-27(4,20-8-7-10-29-15-20)14-19-12-18(3)13-21-22-16-30(5)11-9-23(22)31(6)25(19)21;1-16-11-18(23-20(12-16)21-15-28(4)10-8-22(21)29(23)5)13-25(3,31-24(30)17(2)26)19-7-6-9-27-14-19/h7-8,10,13-14,16,18,24H,9,11-12,15,17,29H2,1-6H3;7-8,10,12-13,15,17,24H,9,11,14,16,28H2,1-6H3;6-7,9,11-12,14,17H,8,10,13,15,26H2,1-5H3. The maximum absolute atomic E-state index is 13.1. The topological polar surface area (TPSA) is 220 Å². The molecule has 12 rings (SSSR count). The average Bonchev–Trinajstić information content (AvgIpc) is 1.59. The molecule has 98 heavy (non-hydrogen) atoms. The lowest BCUT2D eigenvalue weighted by Crippen LogP contribution is -2.42. The molecule has 3 aromatic carbocycles. The van der Waals surface area contributed by atoms with Crippen molar-refractivity contribution in [1.82, 2.24) is 43.4 Å². The number of nitrogens with two attached hydrogens (primary N) is 3. The largest absolute Gasteiger partial charge is 0.453 e. The molecular weight excluding hydrogens is 1220 g/mol. The van der Waals surface area contributed by atoms with Crippen LogP contribution in [0.3, 0.4) is 0 Å². The van der Waals surface area contributed by atoms with Crippen molar-refractivity contribution in [2.75, 3.05) is 40.8 Å². The number of likely N-dealkylation sites (N-methyl/N-ethyl adjacent to an activating group) is 3. The molecule has 0 bridgehead atoms. The van der Waals surface area contributed by atoms with Crippen molar-refractivity contribution in [3.8, 4) is 0 Å². The van der Waals surface area contributed by atoms with Gasteiger partial charge in [0.05, 0.1) is 16.6 Å². The molecule has 0 fully saturated rings. The maximum atomic E-state index is 13.1. The normalized spacial score (nSPS) is 17.1. The van der Waals surface area contributed by atoms with Gasteiger partial charge in [-0.2, -0.15) is 0 Å². The highest BCUT2D eigenvalue weighted by Crippen LogP contribution is 2.42. The minimum atomic E-state index is -0.889. The van der Waals surface area contributed by atoms with Gasteiger partial charge in [0.2, 0.25) is 0 Å². The second-order valence-electron chi connectivity index (χ2n) is 29.9. The molecule has 3 aliphatic rings. The highest BCUT2D eigenvalue weighted by Gasteiger charge is 2.39. The van der Waals surface area contributed by atoms with E-state index in [0.29, 0.717) is 31.6 Å². The Morgan fingerprint density at radius 1 is 0.480 bits per heavy atom. The monoisotopic (exact) mass is 1330 g/mol. The van der Waals surface area contributed by atoms with E-state index < -0.39 is 40.9 Å². The van der Waals surface area contributed by atoms with E-state index in [9.17, 15) is 14.4 Å². The smallest absolute Gasteiger partial charge is 0.324 e. The Balaban J connectivity index is 0.000000159. The summed E-state index contributed by atoms with van der Waals surface area (Å²) in [5, 5.41) is 3.90. The Morgan fingerprint density at radius 2 is 0.796 bits per heavy atom. The van der Waals surface area contributed by atoms with Gasteiger partial charge < -0.3 is 59.8 Å². The van der Waals surface area contributed by atoms with E-state index in [4.69, 9.17) is 31.4 Å². The van der Waals surface area contributed by atoms with Crippen molar-refractivity contribution >= 4 is 50.6 Å². The van der Waals surface area contributed by atoms with E-state index >= 15 is 0 Å². The van der Waals surface area contributed by atoms with Gasteiger partial charge in [-0.1, -0.05) is 80.8 Å². The number of nitrogens with zero attached hydrogens (tertiary/aromatic N) is 9. The average molecular weight is 1330 g/mol. The summed E-state index contributed by atoms with van der Waals surface area (Å²) in [5.41, 5.74) is 37.4. The van der Waals surface area contributed by atoms with Gasteiger partial charge in [-0.05, 0) is 158 Å². The van der Waals surface area contributed by atoms with Crippen LogP contribution in [0.1, 0.15) is 146 Å². The molecule has 9 aromatic rings. The molecule has 6 aromatic heterocycles. The summed E-state index contributed by atoms with van der Waals surface area (Å²) in [7, 11) is 13.0. The van der Waals surface area contributed by atoms with Gasteiger partial charge in [0.1, 0.15) is 34.9 Å².